The summed E-state index contributed by atoms with van der Waals surface area (Å²) in [6, 6.07) is 13.7. The van der Waals surface area contributed by atoms with Crippen molar-refractivity contribution in [3.8, 4) is 5.75 Å². The van der Waals surface area contributed by atoms with Gasteiger partial charge in [0, 0.05) is 22.0 Å². The second-order valence-electron chi connectivity index (χ2n) is 4.24. The van der Waals surface area contributed by atoms with Crippen molar-refractivity contribution in [2.75, 3.05) is 0 Å². The number of hydrogen-bond donors (Lipinski definition) is 1. The Morgan fingerprint density at radius 1 is 1.11 bits per heavy atom. The molecule has 1 aromatic heterocycles. The molecule has 0 fully saturated rings. The van der Waals surface area contributed by atoms with E-state index >= 15 is 0 Å². The summed E-state index contributed by atoms with van der Waals surface area (Å²) in [4.78, 5) is 3.22. The third-order valence-corrected chi connectivity index (χ3v) is 3.19. The maximum Gasteiger partial charge on any atom is 0.128 e. The van der Waals surface area contributed by atoms with Crippen LogP contribution in [0.1, 0.15) is 5.69 Å². The lowest BCUT2D eigenvalue weighted by Crippen LogP contribution is -1.95. The number of aromatic nitrogens is 1. The Bertz CT molecular complexity index is 723. The van der Waals surface area contributed by atoms with Gasteiger partial charge in [0.2, 0.25) is 0 Å². The highest BCUT2D eigenvalue weighted by Crippen LogP contribution is 2.24. The standard InChI is InChI=1S/C15H11ClFNO/c16-14-5-2-6-15-13(14)8-11(18-15)9-19-12-4-1-3-10(17)7-12/h1-8,18H,9H2. The summed E-state index contributed by atoms with van der Waals surface area (Å²) in [7, 11) is 0. The van der Waals surface area contributed by atoms with Crippen LogP contribution in [-0.4, -0.2) is 4.98 Å². The third kappa shape index (κ3) is 2.56. The summed E-state index contributed by atoms with van der Waals surface area (Å²) < 4.78 is 18.5. The van der Waals surface area contributed by atoms with Crippen LogP contribution >= 0.6 is 11.6 Å². The molecule has 2 aromatic carbocycles. The van der Waals surface area contributed by atoms with Crippen LogP contribution in [0.3, 0.4) is 0 Å². The molecule has 0 aliphatic carbocycles. The molecule has 0 amide bonds. The van der Waals surface area contributed by atoms with Crippen LogP contribution in [0, 0.1) is 5.82 Å². The van der Waals surface area contributed by atoms with Gasteiger partial charge in [0.15, 0.2) is 0 Å². The molecular formula is C15H11ClFNO. The van der Waals surface area contributed by atoms with Crippen molar-refractivity contribution in [2.45, 2.75) is 6.61 Å². The van der Waals surface area contributed by atoms with Gasteiger partial charge in [0.05, 0.1) is 5.69 Å². The minimum absolute atomic E-state index is 0.308. The van der Waals surface area contributed by atoms with E-state index in [-0.39, 0.29) is 5.82 Å². The number of rotatable bonds is 3. The first-order chi connectivity index (χ1) is 9.22. The molecule has 0 spiro atoms. The lowest BCUT2D eigenvalue weighted by molar-refractivity contribution is 0.301. The zero-order valence-corrected chi connectivity index (χ0v) is 10.7. The molecule has 1 N–H and O–H groups in total. The van der Waals surface area contributed by atoms with E-state index in [0.29, 0.717) is 17.4 Å². The highest BCUT2D eigenvalue weighted by Gasteiger charge is 2.04. The number of benzene rings is 2. The van der Waals surface area contributed by atoms with E-state index in [1.54, 1.807) is 12.1 Å². The van der Waals surface area contributed by atoms with Crippen molar-refractivity contribution in [1.82, 2.24) is 4.98 Å². The van der Waals surface area contributed by atoms with Crippen LogP contribution in [0.15, 0.2) is 48.5 Å². The van der Waals surface area contributed by atoms with Crippen molar-refractivity contribution in [3.05, 3.63) is 65.1 Å². The van der Waals surface area contributed by atoms with Crippen molar-refractivity contribution < 1.29 is 9.13 Å². The number of nitrogens with one attached hydrogen (secondary N) is 1. The maximum absolute atomic E-state index is 13.0. The van der Waals surface area contributed by atoms with Crippen molar-refractivity contribution in [2.24, 2.45) is 0 Å². The van der Waals surface area contributed by atoms with Gasteiger partial charge >= 0.3 is 0 Å². The second-order valence-corrected chi connectivity index (χ2v) is 4.65. The Kier molecular flexibility index (Phi) is 3.13. The van der Waals surface area contributed by atoms with E-state index in [1.165, 1.54) is 12.1 Å². The first kappa shape index (κ1) is 12.1. The van der Waals surface area contributed by atoms with Crippen LogP contribution in [0.5, 0.6) is 5.75 Å². The predicted molar refractivity (Wildman–Crippen MR) is 74.0 cm³/mol. The van der Waals surface area contributed by atoms with Gasteiger partial charge < -0.3 is 9.72 Å². The Balaban J connectivity index is 1.80. The molecule has 0 saturated carbocycles. The average Bonchev–Trinajstić information content (AvgIpc) is 2.81. The number of halogens is 2. The number of H-pyrrole nitrogens is 1. The molecule has 0 atom stereocenters. The number of ether oxygens (including phenoxy) is 1. The van der Waals surface area contributed by atoms with E-state index < -0.39 is 0 Å². The molecule has 19 heavy (non-hydrogen) atoms. The van der Waals surface area contributed by atoms with E-state index in [1.807, 2.05) is 24.3 Å². The van der Waals surface area contributed by atoms with Crippen molar-refractivity contribution in [1.29, 1.82) is 0 Å². The van der Waals surface area contributed by atoms with E-state index in [4.69, 9.17) is 16.3 Å². The van der Waals surface area contributed by atoms with Crippen LogP contribution in [0.25, 0.3) is 10.9 Å². The largest absolute Gasteiger partial charge is 0.487 e. The van der Waals surface area contributed by atoms with E-state index in [2.05, 4.69) is 4.98 Å². The Morgan fingerprint density at radius 2 is 1.95 bits per heavy atom. The fourth-order valence-electron chi connectivity index (χ4n) is 1.97. The van der Waals surface area contributed by atoms with Gasteiger partial charge in [-0.3, -0.25) is 0 Å². The third-order valence-electron chi connectivity index (χ3n) is 2.86. The normalized spacial score (nSPS) is 10.8. The molecule has 0 unspecified atom stereocenters. The summed E-state index contributed by atoms with van der Waals surface area (Å²) in [5.74, 6) is 0.196. The molecule has 0 aliphatic rings. The van der Waals surface area contributed by atoms with Gasteiger partial charge in [-0.25, -0.2) is 4.39 Å². The highest BCUT2D eigenvalue weighted by atomic mass is 35.5. The van der Waals surface area contributed by atoms with E-state index in [0.717, 1.165) is 16.6 Å². The quantitative estimate of drug-likeness (QED) is 0.746. The molecule has 0 bridgehead atoms. The minimum atomic E-state index is -0.308. The SMILES string of the molecule is Fc1cccc(OCc2cc3c(Cl)cccc3[nH]2)c1. The molecule has 3 aromatic rings. The van der Waals surface area contributed by atoms with Crippen molar-refractivity contribution >= 4 is 22.5 Å². The zero-order valence-electron chi connectivity index (χ0n) is 9.99. The fourth-order valence-corrected chi connectivity index (χ4v) is 2.20. The lowest BCUT2D eigenvalue weighted by atomic mass is 10.2. The fraction of sp³-hybridized carbons (Fsp3) is 0.0667. The Morgan fingerprint density at radius 3 is 2.74 bits per heavy atom. The average molecular weight is 276 g/mol. The molecule has 0 aliphatic heterocycles. The summed E-state index contributed by atoms with van der Waals surface area (Å²) in [5, 5.41) is 1.66. The summed E-state index contributed by atoms with van der Waals surface area (Å²) in [6.07, 6.45) is 0. The van der Waals surface area contributed by atoms with Crippen molar-refractivity contribution in [3.63, 3.8) is 0 Å². The predicted octanol–water partition coefficient (Wildman–Crippen LogP) is 4.54. The molecule has 4 heteroatoms. The Labute approximate surface area is 114 Å². The van der Waals surface area contributed by atoms with Gasteiger partial charge in [0.1, 0.15) is 18.2 Å². The highest BCUT2D eigenvalue weighted by molar-refractivity contribution is 6.35. The molecule has 0 radical (unpaired) electrons. The minimum Gasteiger partial charge on any atom is -0.487 e. The molecule has 1 heterocycles. The zero-order chi connectivity index (χ0) is 13.2. The first-order valence-corrected chi connectivity index (χ1v) is 6.25. The van der Waals surface area contributed by atoms with Crippen LogP contribution in [-0.2, 0) is 6.61 Å². The number of fused-ring (bicyclic) bond motifs is 1. The molecule has 3 rings (SSSR count). The monoisotopic (exact) mass is 275 g/mol. The summed E-state index contributed by atoms with van der Waals surface area (Å²) in [6.45, 7) is 0.342. The van der Waals surface area contributed by atoms with Gasteiger partial charge in [0.25, 0.3) is 0 Å². The van der Waals surface area contributed by atoms with Crippen LogP contribution < -0.4 is 4.74 Å². The molecular weight excluding hydrogens is 265 g/mol. The van der Waals surface area contributed by atoms with Crippen LogP contribution in [0.4, 0.5) is 4.39 Å². The lowest BCUT2D eigenvalue weighted by Gasteiger charge is -2.04. The summed E-state index contributed by atoms with van der Waals surface area (Å²) in [5.41, 5.74) is 1.86. The second kappa shape index (κ2) is 4.94. The number of aromatic amines is 1. The van der Waals surface area contributed by atoms with Gasteiger partial charge in [-0.05, 0) is 30.3 Å². The first-order valence-electron chi connectivity index (χ1n) is 5.87. The number of hydrogen-bond acceptors (Lipinski definition) is 1. The van der Waals surface area contributed by atoms with Crippen LogP contribution in [0.2, 0.25) is 5.02 Å². The Hall–Kier alpha value is -2.00. The van der Waals surface area contributed by atoms with E-state index in [9.17, 15) is 4.39 Å². The summed E-state index contributed by atoms with van der Waals surface area (Å²) >= 11 is 6.10. The molecule has 96 valence electrons. The molecule has 0 saturated heterocycles. The smallest absolute Gasteiger partial charge is 0.128 e. The van der Waals surface area contributed by atoms with Gasteiger partial charge in [-0.1, -0.05) is 23.7 Å². The topological polar surface area (TPSA) is 25.0 Å². The van der Waals surface area contributed by atoms with Gasteiger partial charge in [-0.15, -0.1) is 0 Å². The maximum atomic E-state index is 13.0. The van der Waals surface area contributed by atoms with Gasteiger partial charge in [-0.2, -0.15) is 0 Å². The molecule has 2 nitrogen and oxygen atoms in total.